The number of nitrogens with one attached hydrogen (secondary N) is 1. The fraction of sp³-hybridized carbons (Fsp3) is 0.435. The van der Waals surface area contributed by atoms with Crippen molar-refractivity contribution in [2.75, 3.05) is 25.5 Å². The van der Waals surface area contributed by atoms with Gasteiger partial charge < -0.3 is 10.1 Å². The summed E-state index contributed by atoms with van der Waals surface area (Å²) in [4.78, 5) is 13.2. The maximum absolute atomic E-state index is 13.3. The van der Waals surface area contributed by atoms with E-state index in [4.69, 9.17) is 16.3 Å². The number of hydrogen-bond acceptors (Lipinski definition) is 4. The Morgan fingerprint density at radius 1 is 1.03 bits per heavy atom. The maximum atomic E-state index is 13.3. The van der Waals surface area contributed by atoms with E-state index >= 15 is 0 Å². The number of anilines is 1. The lowest BCUT2D eigenvalue weighted by Gasteiger charge is -2.31. The van der Waals surface area contributed by atoms with Gasteiger partial charge in [-0.2, -0.15) is 4.31 Å². The largest absolute Gasteiger partial charge is 0.495 e. The molecule has 3 rings (SSSR count). The van der Waals surface area contributed by atoms with Gasteiger partial charge in [0.05, 0.1) is 17.7 Å². The molecule has 2 aromatic rings. The molecule has 1 aliphatic heterocycles. The van der Waals surface area contributed by atoms with Gasteiger partial charge in [0.1, 0.15) is 5.75 Å². The van der Waals surface area contributed by atoms with E-state index in [9.17, 15) is 13.2 Å². The Labute approximate surface area is 189 Å². The predicted octanol–water partition coefficient (Wildman–Crippen LogP) is 4.62. The average molecular weight is 465 g/mol. The Bertz CT molecular complexity index is 1080. The number of hydrogen-bond donors (Lipinski definition) is 1. The number of benzene rings is 2. The molecule has 0 unspecified atom stereocenters. The molecule has 0 bridgehead atoms. The minimum absolute atomic E-state index is 0.139. The van der Waals surface area contributed by atoms with Crippen molar-refractivity contribution in [3.8, 4) is 5.75 Å². The fourth-order valence-corrected chi connectivity index (χ4v) is 6.26. The van der Waals surface area contributed by atoms with Crippen LogP contribution in [-0.2, 0) is 14.8 Å². The summed E-state index contributed by atoms with van der Waals surface area (Å²) in [6, 6.07) is 7.23. The molecule has 0 aromatic heterocycles. The van der Waals surface area contributed by atoms with Gasteiger partial charge in [0.25, 0.3) is 0 Å². The first kappa shape index (κ1) is 23.6. The zero-order valence-corrected chi connectivity index (χ0v) is 20.2. The molecule has 1 heterocycles. The van der Waals surface area contributed by atoms with Crippen LogP contribution in [0.5, 0.6) is 5.75 Å². The van der Waals surface area contributed by atoms with E-state index in [1.54, 1.807) is 12.1 Å². The zero-order valence-electron chi connectivity index (χ0n) is 18.6. The highest BCUT2D eigenvalue weighted by atomic mass is 35.5. The Kier molecular flexibility index (Phi) is 6.98. The van der Waals surface area contributed by atoms with E-state index in [2.05, 4.69) is 5.32 Å². The molecule has 0 radical (unpaired) electrons. The average Bonchev–Trinajstić information content (AvgIpc) is 2.69. The van der Waals surface area contributed by atoms with E-state index in [0.717, 1.165) is 22.3 Å². The molecule has 1 fully saturated rings. The van der Waals surface area contributed by atoms with Crippen LogP contribution in [0.25, 0.3) is 0 Å². The molecular weight excluding hydrogens is 436 g/mol. The van der Waals surface area contributed by atoms with Crippen molar-refractivity contribution in [1.29, 1.82) is 0 Å². The molecule has 31 heavy (non-hydrogen) atoms. The number of piperidine rings is 1. The number of amides is 1. The van der Waals surface area contributed by atoms with Gasteiger partial charge in [-0.1, -0.05) is 29.3 Å². The second kappa shape index (κ2) is 9.18. The number of methoxy groups -OCH3 is 1. The van der Waals surface area contributed by atoms with Crippen LogP contribution >= 0.6 is 11.6 Å². The normalized spacial score (nSPS) is 15.7. The van der Waals surface area contributed by atoms with Crippen molar-refractivity contribution in [3.05, 3.63) is 51.5 Å². The van der Waals surface area contributed by atoms with Crippen molar-refractivity contribution in [1.82, 2.24) is 4.31 Å². The first-order valence-corrected chi connectivity index (χ1v) is 12.1. The van der Waals surface area contributed by atoms with Crippen molar-refractivity contribution in [3.63, 3.8) is 0 Å². The number of ether oxygens (including phenoxy) is 1. The fourth-order valence-electron chi connectivity index (χ4n) is 4.23. The molecule has 1 amide bonds. The standard InChI is InChI=1S/C23H29ClN2O4S/c1-14-10-16(3)22(17(4)11-14)31(28,29)26-8-6-18(7-9-26)23(27)25-20-12-15(2)19(24)13-21(20)30-5/h10-13,18H,6-9H2,1-5H3,(H,25,27). The second-order valence-corrected chi connectivity index (χ2v) is 10.5. The van der Waals surface area contributed by atoms with Crippen LogP contribution in [0.3, 0.4) is 0 Å². The van der Waals surface area contributed by atoms with Crippen LogP contribution in [0.2, 0.25) is 5.02 Å². The van der Waals surface area contributed by atoms with Crippen LogP contribution in [0, 0.1) is 33.6 Å². The third-order valence-corrected chi connectivity index (χ3v) is 8.38. The molecule has 0 aliphatic carbocycles. The smallest absolute Gasteiger partial charge is 0.243 e. The van der Waals surface area contributed by atoms with Gasteiger partial charge in [0.15, 0.2) is 0 Å². The maximum Gasteiger partial charge on any atom is 0.243 e. The molecule has 0 spiro atoms. The summed E-state index contributed by atoms with van der Waals surface area (Å²) in [5, 5.41) is 3.48. The van der Waals surface area contributed by atoms with Gasteiger partial charge in [-0.3, -0.25) is 4.79 Å². The molecular formula is C23H29ClN2O4S. The van der Waals surface area contributed by atoms with Crippen LogP contribution in [0.4, 0.5) is 5.69 Å². The Balaban J connectivity index is 1.71. The summed E-state index contributed by atoms with van der Waals surface area (Å²) in [7, 11) is -2.08. The first-order valence-electron chi connectivity index (χ1n) is 10.3. The van der Waals surface area contributed by atoms with Crippen LogP contribution < -0.4 is 10.1 Å². The predicted molar refractivity (Wildman–Crippen MR) is 124 cm³/mol. The zero-order chi connectivity index (χ0) is 22.9. The number of aryl methyl sites for hydroxylation is 4. The third-order valence-electron chi connectivity index (χ3n) is 5.77. The number of sulfonamides is 1. The Morgan fingerprint density at radius 3 is 2.16 bits per heavy atom. The van der Waals surface area contributed by atoms with E-state index < -0.39 is 10.0 Å². The van der Waals surface area contributed by atoms with Gasteiger partial charge in [-0.25, -0.2) is 8.42 Å². The molecule has 1 aliphatic rings. The van der Waals surface area contributed by atoms with Crippen LogP contribution in [-0.4, -0.2) is 38.8 Å². The minimum Gasteiger partial charge on any atom is -0.495 e. The number of halogens is 1. The van der Waals surface area contributed by atoms with Gasteiger partial charge in [0, 0.05) is 30.1 Å². The summed E-state index contributed by atoms with van der Waals surface area (Å²) < 4.78 is 33.3. The topological polar surface area (TPSA) is 75.7 Å². The lowest BCUT2D eigenvalue weighted by atomic mass is 9.97. The first-order chi connectivity index (χ1) is 14.5. The third kappa shape index (κ3) is 4.89. The Morgan fingerprint density at radius 2 is 1.61 bits per heavy atom. The van der Waals surface area contributed by atoms with Crippen molar-refractivity contribution in [2.24, 2.45) is 5.92 Å². The molecule has 1 N–H and O–H groups in total. The van der Waals surface area contributed by atoms with Crippen molar-refractivity contribution >= 4 is 33.2 Å². The SMILES string of the molecule is COc1cc(Cl)c(C)cc1NC(=O)C1CCN(S(=O)(=O)c2c(C)cc(C)cc2C)CC1. The lowest BCUT2D eigenvalue weighted by molar-refractivity contribution is -0.120. The summed E-state index contributed by atoms with van der Waals surface area (Å²) in [6.45, 7) is 8.09. The lowest BCUT2D eigenvalue weighted by Crippen LogP contribution is -2.41. The monoisotopic (exact) mass is 464 g/mol. The van der Waals surface area contributed by atoms with E-state index in [-0.39, 0.29) is 11.8 Å². The summed E-state index contributed by atoms with van der Waals surface area (Å²) >= 11 is 6.13. The molecule has 168 valence electrons. The molecule has 0 atom stereocenters. The highest BCUT2D eigenvalue weighted by molar-refractivity contribution is 7.89. The Hall–Kier alpha value is -2.09. The number of carbonyl (C=O) groups is 1. The summed E-state index contributed by atoms with van der Waals surface area (Å²) in [5.74, 6) is 0.0846. The molecule has 6 nitrogen and oxygen atoms in total. The molecule has 1 saturated heterocycles. The highest BCUT2D eigenvalue weighted by Crippen LogP contribution is 2.33. The summed E-state index contributed by atoms with van der Waals surface area (Å²) in [5.41, 5.74) is 3.94. The van der Waals surface area contributed by atoms with Crippen LogP contribution in [0.1, 0.15) is 35.1 Å². The molecule has 2 aromatic carbocycles. The minimum atomic E-state index is -3.60. The number of carbonyl (C=O) groups excluding carboxylic acids is 1. The van der Waals surface area contributed by atoms with Gasteiger partial charge in [-0.05, 0) is 63.3 Å². The van der Waals surface area contributed by atoms with E-state index in [0.29, 0.717) is 47.3 Å². The number of nitrogens with zero attached hydrogens (tertiary/aromatic N) is 1. The van der Waals surface area contributed by atoms with Crippen molar-refractivity contribution < 1.29 is 17.9 Å². The summed E-state index contributed by atoms with van der Waals surface area (Å²) in [6.07, 6.45) is 0.924. The molecule has 8 heteroatoms. The highest BCUT2D eigenvalue weighted by Gasteiger charge is 2.34. The molecule has 0 saturated carbocycles. The van der Waals surface area contributed by atoms with Gasteiger partial charge in [0.2, 0.25) is 15.9 Å². The second-order valence-electron chi connectivity index (χ2n) is 8.20. The number of rotatable bonds is 5. The quantitative estimate of drug-likeness (QED) is 0.700. The van der Waals surface area contributed by atoms with E-state index in [1.807, 2.05) is 39.8 Å². The van der Waals surface area contributed by atoms with Crippen molar-refractivity contribution in [2.45, 2.75) is 45.4 Å². The van der Waals surface area contributed by atoms with Gasteiger partial charge >= 0.3 is 0 Å². The van der Waals surface area contributed by atoms with E-state index in [1.165, 1.54) is 11.4 Å². The van der Waals surface area contributed by atoms with Crippen LogP contribution in [0.15, 0.2) is 29.2 Å². The van der Waals surface area contributed by atoms with Gasteiger partial charge in [-0.15, -0.1) is 0 Å².